The lowest BCUT2D eigenvalue weighted by molar-refractivity contribution is 0.134. The second-order valence-corrected chi connectivity index (χ2v) is 5.05. The molecule has 0 amide bonds. The molecule has 0 saturated carbocycles. The van der Waals surface area contributed by atoms with Gasteiger partial charge >= 0.3 is 0 Å². The molecule has 3 aromatic rings. The highest BCUT2D eigenvalue weighted by molar-refractivity contribution is 5.86. The lowest BCUT2D eigenvalue weighted by Crippen LogP contribution is -1.91. The van der Waals surface area contributed by atoms with E-state index in [1.165, 1.54) is 11.1 Å². The van der Waals surface area contributed by atoms with Crippen molar-refractivity contribution in [2.45, 2.75) is 13.2 Å². The zero-order valence-corrected chi connectivity index (χ0v) is 11.3. The zero-order valence-electron chi connectivity index (χ0n) is 11.3. The number of nitrogens with zero attached hydrogens (tertiary/aromatic N) is 2. The molecule has 3 heterocycles. The molecule has 0 bridgehead atoms. The van der Waals surface area contributed by atoms with Gasteiger partial charge in [-0.25, -0.2) is 0 Å². The van der Waals surface area contributed by atoms with Gasteiger partial charge in [0.2, 0.25) is 0 Å². The zero-order chi connectivity index (χ0) is 14.2. The number of aromatic nitrogens is 3. The number of rotatable bonds is 2. The Morgan fingerprint density at radius 1 is 1.10 bits per heavy atom. The standard InChI is InChI=1S/C16H14N4O/c17-16-14(13-3-1-2-6-18-13)15(19-20-16)10-4-5-11-8-21-9-12(11)7-10/h1-7H,8-9H2,(H3,17,19,20). The number of nitrogen functional groups attached to an aromatic ring is 1. The Morgan fingerprint density at radius 2 is 2.00 bits per heavy atom. The number of hydrogen-bond acceptors (Lipinski definition) is 4. The molecule has 2 aromatic heterocycles. The molecule has 21 heavy (non-hydrogen) atoms. The summed E-state index contributed by atoms with van der Waals surface area (Å²) in [5, 5.41) is 7.17. The van der Waals surface area contributed by atoms with Crippen molar-refractivity contribution in [1.82, 2.24) is 15.2 Å². The van der Waals surface area contributed by atoms with Crippen LogP contribution in [0.15, 0.2) is 42.6 Å². The topological polar surface area (TPSA) is 76.8 Å². The van der Waals surface area contributed by atoms with Gasteiger partial charge in [-0.05, 0) is 29.3 Å². The summed E-state index contributed by atoms with van der Waals surface area (Å²) in [6.45, 7) is 1.35. The van der Waals surface area contributed by atoms with Crippen LogP contribution in [0.2, 0.25) is 0 Å². The van der Waals surface area contributed by atoms with Gasteiger partial charge in [-0.2, -0.15) is 5.10 Å². The molecule has 5 heteroatoms. The normalized spacial score (nSPS) is 13.3. The summed E-state index contributed by atoms with van der Waals surface area (Å²) in [5.74, 6) is 0.459. The van der Waals surface area contributed by atoms with Gasteiger partial charge in [-0.1, -0.05) is 18.2 Å². The Balaban J connectivity index is 1.87. The first-order valence-corrected chi connectivity index (χ1v) is 6.78. The van der Waals surface area contributed by atoms with Crippen molar-refractivity contribution in [1.29, 1.82) is 0 Å². The highest BCUT2D eigenvalue weighted by atomic mass is 16.5. The van der Waals surface area contributed by atoms with Crippen molar-refractivity contribution < 1.29 is 4.74 Å². The highest BCUT2D eigenvalue weighted by Crippen LogP contribution is 2.35. The summed E-state index contributed by atoms with van der Waals surface area (Å²) < 4.78 is 5.46. The number of fused-ring (bicyclic) bond motifs is 1. The molecule has 0 aliphatic carbocycles. The number of ether oxygens (including phenoxy) is 1. The third-order valence-corrected chi connectivity index (χ3v) is 3.73. The Hall–Kier alpha value is -2.66. The van der Waals surface area contributed by atoms with E-state index in [1.54, 1.807) is 6.20 Å². The smallest absolute Gasteiger partial charge is 0.155 e. The monoisotopic (exact) mass is 278 g/mol. The Kier molecular flexibility index (Phi) is 2.72. The quantitative estimate of drug-likeness (QED) is 0.755. The predicted molar refractivity (Wildman–Crippen MR) is 80.2 cm³/mol. The maximum atomic E-state index is 6.02. The van der Waals surface area contributed by atoms with E-state index in [0.717, 1.165) is 22.5 Å². The van der Waals surface area contributed by atoms with Crippen LogP contribution in [0.25, 0.3) is 22.5 Å². The number of aromatic amines is 1. The first kappa shape index (κ1) is 12.1. The van der Waals surface area contributed by atoms with Gasteiger partial charge in [-0.15, -0.1) is 0 Å². The number of nitrogens with two attached hydrogens (primary N) is 1. The van der Waals surface area contributed by atoms with Crippen molar-refractivity contribution >= 4 is 5.82 Å². The molecule has 0 saturated heterocycles. The molecule has 4 rings (SSSR count). The van der Waals surface area contributed by atoms with E-state index >= 15 is 0 Å². The van der Waals surface area contributed by atoms with Gasteiger partial charge in [0.1, 0.15) is 0 Å². The molecule has 1 aromatic carbocycles. The summed E-state index contributed by atoms with van der Waals surface area (Å²) in [5.41, 5.74) is 12.1. The van der Waals surface area contributed by atoms with E-state index < -0.39 is 0 Å². The summed E-state index contributed by atoms with van der Waals surface area (Å²) >= 11 is 0. The van der Waals surface area contributed by atoms with Crippen molar-refractivity contribution in [3.05, 3.63) is 53.7 Å². The van der Waals surface area contributed by atoms with Crippen molar-refractivity contribution in [2.24, 2.45) is 0 Å². The molecule has 0 unspecified atom stereocenters. The number of H-pyrrole nitrogens is 1. The van der Waals surface area contributed by atoms with Gasteiger partial charge in [0.15, 0.2) is 5.82 Å². The van der Waals surface area contributed by atoms with Gasteiger partial charge < -0.3 is 10.5 Å². The Labute approximate surface area is 121 Å². The van der Waals surface area contributed by atoms with Crippen molar-refractivity contribution in [3.8, 4) is 22.5 Å². The summed E-state index contributed by atoms with van der Waals surface area (Å²) in [6.07, 6.45) is 1.75. The molecular weight excluding hydrogens is 264 g/mol. The van der Waals surface area contributed by atoms with E-state index in [1.807, 2.05) is 18.2 Å². The van der Waals surface area contributed by atoms with Gasteiger partial charge in [0, 0.05) is 11.8 Å². The maximum absolute atomic E-state index is 6.02. The molecule has 5 nitrogen and oxygen atoms in total. The van der Waals surface area contributed by atoms with Gasteiger partial charge in [0.05, 0.1) is 30.2 Å². The Bertz CT molecular complexity index is 795. The van der Waals surface area contributed by atoms with Crippen LogP contribution < -0.4 is 5.73 Å². The second kappa shape index (κ2) is 4.71. The summed E-state index contributed by atoms with van der Waals surface area (Å²) in [7, 11) is 0. The van der Waals surface area contributed by atoms with Crippen LogP contribution in [0.4, 0.5) is 5.82 Å². The fourth-order valence-electron chi connectivity index (χ4n) is 2.66. The van der Waals surface area contributed by atoms with Crippen LogP contribution in [0.5, 0.6) is 0 Å². The molecule has 1 aliphatic heterocycles. The fraction of sp³-hybridized carbons (Fsp3) is 0.125. The van der Waals surface area contributed by atoms with Crippen molar-refractivity contribution in [3.63, 3.8) is 0 Å². The lowest BCUT2D eigenvalue weighted by Gasteiger charge is -2.05. The third kappa shape index (κ3) is 1.98. The van der Waals surface area contributed by atoms with Gasteiger partial charge in [0.25, 0.3) is 0 Å². The number of anilines is 1. The van der Waals surface area contributed by atoms with Crippen LogP contribution in [0.1, 0.15) is 11.1 Å². The molecule has 0 atom stereocenters. The first-order chi connectivity index (χ1) is 10.3. The third-order valence-electron chi connectivity index (χ3n) is 3.73. The summed E-state index contributed by atoms with van der Waals surface area (Å²) in [4.78, 5) is 4.38. The van der Waals surface area contributed by atoms with E-state index in [4.69, 9.17) is 10.5 Å². The molecule has 3 N–H and O–H groups in total. The number of benzene rings is 1. The first-order valence-electron chi connectivity index (χ1n) is 6.78. The minimum absolute atomic E-state index is 0.459. The summed E-state index contributed by atoms with van der Waals surface area (Å²) in [6, 6.07) is 12.0. The highest BCUT2D eigenvalue weighted by Gasteiger charge is 2.18. The fourth-order valence-corrected chi connectivity index (χ4v) is 2.66. The van der Waals surface area contributed by atoms with Crippen LogP contribution in [-0.2, 0) is 18.0 Å². The van der Waals surface area contributed by atoms with Crippen LogP contribution in [-0.4, -0.2) is 15.2 Å². The molecular formula is C16H14N4O. The minimum Gasteiger partial charge on any atom is -0.382 e. The van der Waals surface area contributed by atoms with Crippen LogP contribution in [0.3, 0.4) is 0 Å². The van der Waals surface area contributed by atoms with E-state index in [9.17, 15) is 0 Å². The van der Waals surface area contributed by atoms with Crippen molar-refractivity contribution in [2.75, 3.05) is 5.73 Å². The lowest BCUT2D eigenvalue weighted by atomic mass is 10.0. The largest absolute Gasteiger partial charge is 0.382 e. The predicted octanol–water partition coefficient (Wildman–Crippen LogP) is 2.75. The van der Waals surface area contributed by atoms with Crippen LogP contribution >= 0.6 is 0 Å². The van der Waals surface area contributed by atoms with E-state index in [0.29, 0.717) is 19.0 Å². The molecule has 0 radical (unpaired) electrons. The minimum atomic E-state index is 0.459. The Morgan fingerprint density at radius 3 is 2.86 bits per heavy atom. The number of nitrogens with one attached hydrogen (secondary N) is 1. The number of pyridine rings is 1. The molecule has 1 aliphatic rings. The molecule has 104 valence electrons. The van der Waals surface area contributed by atoms with E-state index in [2.05, 4.69) is 33.4 Å². The van der Waals surface area contributed by atoms with Gasteiger partial charge in [-0.3, -0.25) is 10.1 Å². The second-order valence-electron chi connectivity index (χ2n) is 5.05. The van der Waals surface area contributed by atoms with Crippen LogP contribution in [0, 0.1) is 0 Å². The number of hydrogen-bond donors (Lipinski definition) is 2. The molecule has 0 fully saturated rings. The average Bonchev–Trinajstić information content (AvgIpc) is 3.13. The molecule has 0 spiro atoms. The SMILES string of the molecule is Nc1n[nH]c(-c2ccc3c(c2)COC3)c1-c1ccccn1. The van der Waals surface area contributed by atoms with E-state index in [-0.39, 0.29) is 0 Å². The average molecular weight is 278 g/mol. The maximum Gasteiger partial charge on any atom is 0.155 e.